The van der Waals surface area contributed by atoms with Crippen LogP contribution in [0.15, 0.2) is 29.1 Å². The quantitative estimate of drug-likeness (QED) is 0.895. The van der Waals surface area contributed by atoms with Gasteiger partial charge in [0.2, 0.25) is 0 Å². The smallest absolute Gasteiger partial charge is 0.260 e. The number of thiazole rings is 1. The zero-order valence-electron chi connectivity index (χ0n) is 8.88. The number of pyridine rings is 1. The Hall–Kier alpha value is -1.80. The highest BCUT2D eigenvalue weighted by Crippen LogP contribution is 2.18. The fourth-order valence-corrected chi connectivity index (χ4v) is 2.18. The molecule has 0 aliphatic rings. The van der Waals surface area contributed by atoms with E-state index >= 15 is 0 Å². The molecule has 0 aliphatic carbocycles. The van der Waals surface area contributed by atoms with Crippen LogP contribution < -0.4 is 11.1 Å². The second kappa shape index (κ2) is 5.23. The first-order chi connectivity index (χ1) is 8.56. The number of carbonyl (C=O) groups is 2. The standard InChI is InChI=1S/C10H7BrN4O2S/c11-6-1-5(2-13-3-6)9(17)15-10-14-4-7(18-10)8(12)16/h1-4H,(H2,12,16)(H,14,15,17). The fourth-order valence-electron chi connectivity index (χ4n) is 1.15. The molecular weight excluding hydrogens is 320 g/mol. The van der Waals surface area contributed by atoms with Crippen LogP contribution >= 0.6 is 27.3 Å². The second-order valence-corrected chi connectivity index (χ2v) is 5.19. The van der Waals surface area contributed by atoms with Crippen LogP contribution in [-0.4, -0.2) is 21.8 Å². The van der Waals surface area contributed by atoms with Gasteiger partial charge in [0.15, 0.2) is 5.13 Å². The molecule has 0 fully saturated rings. The lowest BCUT2D eigenvalue weighted by molar-refractivity contribution is 0.100. The van der Waals surface area contributed by atoms with E-state index in [4.69, 9.17) is 5.73 Å². The van der Waals surface area contributed by atoms with Crippen LogP contribution in [0.1, 0.15) is 20.0 Å². The summed E-state index contributed by atoms with van der Waals surface area (Å²) in [6.07, 6.45) is 4.33. The van der Waals surface area contributed by atoms with Crippen molar-refractivity contribution in [3.63, 3.8) is 0 Å². The number of rotatable bonds is 3. The van der Waals surface area contributed by atoms with E-state index in [-0.39, 0.29) is 10.8 Å². The van der Waals surface area contributed by atoms with E-state index in [0.717, 1.165) is 11.3 Å². The molecule has 0 atom stereocenters. The number of halogens is 1. The molecule has 0 spiro atoms. The number of nitrogens with two attached hydrogens (primary N) is 1. The first-order valence-electron chi connectivity index (χ1n) is 4.74. The first kappa shape index (κ1) is 12.7. The minimum absolute atomic E-state index is 0.290. The van der Waals surface area contributed by atoms with Crippen LogP contribution in [0.2, 0.25) is 0 Å². The summed E-state index contributed by atoms with van der Waals surface area (Å²) >= 11 is 4.24. The molecule has 3 N–H and O–H groups in total. The summed E-state index contributed by atoms with van der Waals surface area (Å²) in [6, 6.07) is 1.63. The first-order valence-corrected chi connectivity index (χ1v) is 6.35. The summed E-state index contributed by atoms with van der Waals surface area (Å²) in [5.74, 6) is -0.925. The second-order valence-electron chi connectivity index (χ2n) is 3.24. The molecule has 92 valence electrons. The Morgan fingerprint density at radius 1 is 1.33 bits per heavy atom. The number of anilines is 1. The summed E-state index contributed by atoms with van der Waals surface area (Å²) in [5.41, 5.74) is 5.48. The van der Waals surface area contributed by atoms with Gasteiger partial charge in [-0.2, -0.15) is 0 Å². The van der Waals surface area contributed by atoms with E-state index in [1.807, 2.05) is 0 Å². The molecule has 2 heterocycles. The molecule has 2 aromatic rings. The van der Waals surface area contributed by atoms with Crippen LogP contribution in [0.3, 0.4) is 0 Å². The van der Waals surface area contributed by atoms with Crippen molar-refractivity contribution in [1.29, 1.82) is 0 Å². The largest absolute Gasteiger partial charge is 0.365 e. The Morgan fingerprint density at radius 2 is 2.11 bits per heavy atom. The van der Waals surface area contributed by atoms with Gasteiger partial charge in [-0.15, -0.1) is 0 Å². The van der Waals surface area contributed by atoms with Gasteiger partial charge in [-0.1, -0.05) is 11.3 Å². The van der Waals surface area contributed by atoms with E-state index in [1.54, 1.807) is 12.3 Å². The SMILES string of the molecule is NC(=O)c1cnc(NC(=O)c2cncc(Br)c2)s1. The van der Waals surface area contributed by atoms with Crippen molar-refractivity contribution in [2.24, 2.45) is 5.73 Å². The maximum Gasteiger partial charge on any atom is 0.260 e. The van der Waals surface area contributed by atoms with Gasteiger partial charge < -0.3 is 5.73 Å². The van der Waals surface area contributed by atoms with Crippen molar-refractivity contribution in [2.75, 3.05) is 5.32 Å². The van der Waals surface area contributed by atoms with E-state index < -0.39 is 5.91 Å². The summed E-state index contributed by atoms with van der Waals surface area (Å²) in [6.45, 7) is 0. The van der Waals surface area contributed by atoms with Crippen LogP contribution in [0.4, 0.5) is 5.13 Å². The highest BCUT2D eigenvalue weighted by atomic mass is 79.9. The van der Waals surface area contributed by atoms with E-state index in [0.29, 0.717) is 15.2 Å². The number of primary amides is 1. The molecule has 0 radical (unpaired) electrons. The molecule has 0 aromatic carbocycles. The number of amides is 2. The Kier molecular flexibility index (Phi) is 3.68. The van der Waals surface area contributed by atoms with Crippen molar-refractivity contribution in [3.05, 3.63) is 39.6 Å². The van der Waals surface area contributed by atoms with Gasteiger partial charge in [-0.25, -0.2) is 4.98 Å². The zero-order chi connectivity index (χ0) is 13.1. The lowest BCUT2D eigenvalue weighted by Crippen LogP contribution is -2.11. The summed E-state index contributed by atoms with van der Waals surface area (Å²) in [5, 5.41) is 2.87. The third-order valence-corrected chi connectivity index (χ3v) is 3.30. The van der Waals surface area contributed by atoms with Gasteiger partial charge in [0.05, 0.1) is 11.8 Å². The number of nitrogens with one attached hydrogen (secondary N) is 1. The van der Waals surface area contributed by atoms with E-state index in [2.05, 4.69) is 31.2 Å². The molecule has 0 aliphatic heterocycles. The highest BCUT2D eigenvalue weighted by Gasteiger charge is 2.11. The minimum atomic E-state index is -0.572. The molecule has 2 amide bonds. The van der Waals surface area contributed by atoms with Crippen LogP contribution in [0.5, 0.6) is 0 Å². The van der Waals surface area contributed by atoms with Gasteiger partial charge in [0.1, 0.15) is 4.88 Å². The Balaban J connectivity index is 2.13. The maximum absolute atomic E-state index is 11.8. The monoisotopic (exact) mass is 326 g/mol. The number of carbonyl (C=O) groups excluding carboxylic acids is 2. The predicted octanol–water partition coefficient (Wildman–Crippen LogP) is 1.65. The summed E-state index contributed by atoms with van der Waals surface area (Å²) in [7, 11) is 0. The minimum Gasteiger partial charge on any atom is -0.365 e. The normalized spacial score (nSPS) is 10.1. The molecule has 0 saturated carbocycles. The molecule has 0 unspecified atom stereocenters. The van der Waals surface area contributed by atoms with Crippen LogP contribution in [-0.2, 0) is 0 Å². The number of hydrogen-bond acceptors (Lipinski definition) is 5. The van der Waals surface area contributed by atoms with E-state index in [1.165, 1.54) is 12.4 Å². The molecular formula is C10H7BrN4O2S. The van der Waals surface area contributed by atoms with Gasteiger partial charge in [-0.3, -0.25) is 19.9 Å². The van der Waals surface area contributed by atoms with Crippen molar-refractivity contribution >= 4 is 44.2 Å². The molecule has 2 aromatic heterocycles. The molecule has 0 saturated heterocycles. The van der Waals surface area contributed by atoms with Crippen LogP contribution in [0.25, 0.3) is 0 Å². The number of aromatic nitrogens is 2. The zero-order valence-corrected chi connectivity index (χ0v) is 11.3. The maximum atomic E-state index is 11.8. The highest BCUT2D eigenvalue weighted by molar-refractivity contribution is 9.10. The van der Waals surface area contributed by atoms with Gasteiger partial charge in [0.25, 0.3) is 11.8 Å². The predicted molar refractivity (Wildman–Crippen MR) is 70.5 cm³/mol. The molecule has 0 bridgehead atoms. The molecule has 6 nitrogen and oxygen atoms in total. The Labute approximate surface area is 114 Å². The van der Waals surface area contributed by atoms with Crippen LogP contribution in [0, 0.1) is 0 Å². The Bertz CT molecular complexity index is 613. The van der Waals surface area contributed by atoms with Crippen molar-refractivity contribution in [1.82, 2.24) is 9.97 Å². The molecule has 8 heteroatoms. The van der Waals surface area contributed by atoms with Gasteiger partial charge in [0, 0.05) is 16.9 Å². The lowest BCUT2D eigenvalue weighted by Gasteiger charge is -2.01. The van der Waals surface area contributed by atoms with E-state index in [9.17, 15) is 9.59 Å². The Morgan fingerprint density at radius 3 is 2.72 bits per heavy atom. The fraction of sp³-hybridized carbons (Fsp3) is 0. The average molecular weight is 327 g/mol. The topological polar surface area (TPSA) is 98.0 Å². The third kappa shape index (κ3) is 2.90. The third-order valence-electron chi connectivity index (χ3n) is 1.94. The van der Waals surface area contributed by atoms with Gasteiger partial charge in [-0.05, 0) is 22.0 Å². The van der Waals surface area contributed by atoms with Crippen molar-refractivity contribution in [3.8, 4) is 0 Å². The average Bonchev–Trinajstić information content (AvgIpc) is 2.77. The molecule has 2 rings (SSSR count). The number of nitrogens with zero attached hydrogens (tertiary/aromatic N) is 2. The van der Waals surface area contributed by atoms with Crippen molar-refractivity contribution in [2.45, 2.75) is 0 Å². The summed E-state index contributed by atoms with van der Waals surface area (Å²) < 4.78 is 0.701. The molecule has 18 heavy (non-hydrogen) atoms. The van der Waals surface area contributed by atoms with Crippen molar-refractivity contribution < 1.29 is 9.59 Å². The lowest BCUT2D eigenvalue weighted by atomic mass is 10.3. The number of hydrogen-bond donors (Lipinski definition) is 2. The van der Waals surface area contributed by atoms with Gasteiger partial charge >= 0.3 is 0 Å². The summed E-state index contributed by atoms with van der Waals surface area (Å²) in [4.78, 5) is 30.8.